The van der Waals surface area contributed by atoms with Crippen molar-refractivity contribution in [2.75, 3.05) is 13.1 Å². The monoisotopic (exact) mass is 546 g/mol. The highest BCUT2D eigenvalue weighted by Crippen LogP contribution is 2.52. The lowest BCUT2D eigenvalue weighted by Crippen LogP contribution is -2.25. The number of pyridine rings is 1. The molecule has 0 radical (unpaired) electrons. The van der Waals surface area contributed by atoms with Crippen LogP contribution >= 0.6 is 0 Å². The minimum absolute atomic E-state index is 0.0996. The molecule has 2 aliphatic rings. The van der Waals surface area contributed by atoms with Crippen LogP contribution in [0.15, 0.2) is 53.8 Å². The Morgan fingerprint density at radius 2 is 1.87 bits per heavy atom. The second-order valence-electron chi connectivity index (χ2n) is 11.0. The Bertz CT molecular complexity index is 1610. The summed E-state index contributed by atoms with van der Waals surface area (Å²) in [5, 5.41) is 7.24. The van der Waals surface area contributed by atoms with Crippen molar-refractivity contribution in [3.8, 4) is 5.69 Å². The molecular formula is C27H27F5N6O. The predicted octanol–water partition coefficient (Wildman–Crippen LogP) is 5.12. The SMILES string of the molecule is Cn1cnnc1[C@@H](F)[C@@](C)(F)c1cccc(-n2cc3c(C(F)(F)F)cc(CN4CCC5(CC5)C4)cn3c2=O)c1. The number of alkyl halides is 5. The van der Waals surface area contributed by atoms with Gasteiger partial charge in [0.15, 0.2) is 17.7 Å². The van der Waals surface area contributed by atoms with Crippen molar-refractivity contribution in [1.29, 1.82) is 0 Å². The Balaban J connectivity index is 1.39. The van der Waals surface area contributed by atoms with Crippen LogP contribution in [0.2, 0.25) is 0 Å². The first-order chi connectivity index (χ1) is 18.4. The van der Waals surface area contributed by atoms with Gasteiger partial charge in [-0.15, -0.1) is 10.2 Å². The van der Waals surface area contributed by atoms with Crippen molar-refractivity contribution < 1.29 is 22.0 Å². The summed E-state index contributed by atoms with van der Waals surface area (Å²) in [5.41, 5.74) is -3.81. The molecule has 0 N–H and O–H groups in total. The van der Waals surface area contributed by atoms with Crippen molar-refractivity contribution in [2.45, 2.75) is 50.7 Å². The zero-order valence-electron chi connectivity index (χ0n) is 21.4. The Hall–Kier alpha value is -3.54. The summed E-state index contributed by atoms with van der Waals surface area (Å²) in [5.74, 6) is -0.217. The Kier molecular flexibility index (Phi) is 5.76. The Morgan fingerprint density at radius 1 is 1.10 bits per heavy atom. The molecule has 4 heterocycles. The second-order valence-corrected chi connectivity index (χ2v) is 11.0. The highest BCUT2D eigenvalue weighted by Gasteiger charge is 2.47. The lowest BCUT2D eigenvalue weighted by Gasteiger charge is -2.24. The van der Waals surface area contributed by atoms with Gasteiger partial charge < -0.3 is 4.57 Å². The first-order valence-electron chi connectivity index (χ1n) is 12.7. The molecule has 39 heavy (non-hydrogen) atoms. The van der Waals surface area contributed by atoms with E-state index in [0.29, 0.717) is 17.5 Å². The summed E-state index contributed by atoms with van der Waals surface area (Å²) in [7, 11) is 1.49. The van der Waals surface area contributed by atoms with Gasteiger partial charge in [0.1, 0.15) is 6.33 Å². The summed E-state index contributed by atoms with van der Waals surface area (Å²) >= 11 is 0. The van der Waals surface area contributed by atoms with Crippen LogP contribution in [0.25, 0.3) is 11.2 Å². The average Bonchev–Trinajstić information content (AvgIpc) is 3.16. The Labute approximate surface area is 220 Å². The van der Waals surface area contributed by atoms with E-state index in [2.05, 4.69) is 15.1 Å². The number of hydrogen-bond donors (Lipinski definition) is 0. The first-order valence-corrected chi connectivity index (χ1v) is 12.7. The van der Waals surface area contributed by atoms with E-state index in [1.807, 2.05) is 0 Å². The van der Waals surface area contributed by atoms with E-state index in [1.165, 1.54) is 48.4 Å². The van der Waals surface area contributed by atoms with Crippen LogP contribution in [0.1, 0.15) is 54.9 Å². The zero-order valence-corrected chi connectivity index (χ0v) is 21.4. The number of fused-ring (bicyclic) bond motifs is 1. The predicted molar refractivity (Wildman–Crippen MR) is 133 cm³/mol. The largest absolute Gasteiger partial charge is 0.418 e. The summed E-state index contributed by atoms with van der Waals surface area (Å²) in [6, 6.07) is 6.61. The quantitative estimate of drug-likeness (QED) is 0.315. The van der Waals surface area contributed by atoms with Gasteiger partial charge in [-0.1, -0.05) is 12.1 Å². The molecule has 0 amide bonds. The number of aryl methyl sites for hydroxylation is 1. The van der Waals surface area contributed by atoms with Gasteiger partial charge in [0.2, 0.25) is 0 Å². The van der Waals surface area contributed by atoms with Crippen molar-refractivity contribution in [1.82, 2.24) is 28.6 Å². The number of hydrogen-bond acceptors (Lipinski definition) is 4. The van der Waals surface area contributed by atoms with Crippen LogP contribution in [0.3, 0.4) is 0 Å². The van der Waals surface area contributed by atoms with Crippen molar-refractivity contribution in [2.24, 2.45) is 12.5 Å². The number of aromatic nitrogens is 5. The molecule has 1 aliphatic heterocycles. The van der Waals surface area contributed by atoms with Crippen LogP contribution in [0.4, 0.5) is 22.0 Å². The van der Waals surface area contributed by atoms with Crippen molar-refractivity contribution >= 4 is 5.52 Å². The molecule has 1 aliphatic carbocycles. The van der Waals surface area contributed by atoms with Crippen molar-refractivity contribution in [3.05, 3.63) is 82.1 Å². The van der Waals surface area contributed by atoms with E-state index < -0.39 is 29.3 Å². The van der Waals surface area contributed by atoms with E-state index in [1.54, 1.807) is 0 Å². The van der Waals surface area contributed by atoms with Crippen LogP contribution in [0, 0.1) is 5.41 Å². The highest BCUT2D eigenvalue weighted by molar-refractivity contribution is 5.58. The lowest BCUT2D eigenvalue weighted by molar-refractivity contribution is -0.136. The molecule has 1 aromatic carbocycles. The number of halogens is 5. The topological polar surface area (TPSA) is 60.4 Å². The van der Waals surface area contributed by atoms with E-state index in [0.717, 1.165) is 60.5 Å². The van der Waals surface area contributed by atoms with Gasteiger partial charge >= 0.3 is 11.9 Å². The van der Waals surface area contributed by atoms with Crippen LogP contribution in [0.5, 0.6) is 0 Å². The maximum absolute atomic E-state index is 15.8. The van der Waals surface area contributed by atoms with Gasteiger partial charge in [0.05, 0.1) is 16.8 Å². The third-order valence-electron chi connectivity index (χ3n) is 8.15. The molecule has 4 aromatic rings. The maximum Gasteiger partial charge on any atom is 0.418 e. The van der Waals surface area contributed by atoms with E-state index >= 15 is 8.78 Å². The van der Waals surface area contributed by atoms with E-state index in [4.69, 9.17) is 0 Å². The molecular weight excluding hydrogens is 519 g/mol. The number of likely N-dealkylation sites (tertiary alicyclic amines) is 1. The van der Waals surface area contributed by atoms with E-state index in [9.17, 15) is 18.0 Å². The summed E-state index contributed by atoms with van der Waals surface area (Å²) in [4.78, 5) is 15.5. The minimum atomic E-state index is -4.69. The number of rotatable bonds is 6. The number of benzene rings is 1. The number of nitrogens with zero attached hydrogens (tertiary/aromatic N) is 6. The third-order valence-corrected chi connectivity index (χ3v) is 8.15. The molecule has 12 heteroatoms. The van der Waals surface area contributed by atoms with Crippen LogP contribution < -0.4 is 5.69 Å². The lowest BCUT2D eigenvalue weighted by atomic mass is 9.92. The van der Waals surface area contributed by atoms with Gasteiger partial charge in [-0.3, -0.25) is 13.9 Å². The Morgan fingerprint density at radius 3 is 2.51 bits per heavy atom. The molecule has 0 bridgehead atoms. The molecule has 3 aromatic heterocycles. The molecule has 2 fully saturated rings. The third kappa shape index (κ3) is 4.44. The van der Waals surface area contributed by atoms with Crippen LogP contribution in [-0.4, -0.2) is 41.7 Å². The number of imidazole rings is 1. The standard InChI is InChI=1S/C27H27F5N6O/c1-25(29,22(28)23-34-33-16-35(23)2)18-4-3-5-19(11-18)37-14-21-20(27(30,31)32)10-17(13-38(21)24(37)39)12-36-9-8-26(15-36)6-7-26/h3-5,10-11,13-14,16,22H,6-9,12,15H2,1-2H3/t22-,25+/m1/s1. The van der Waals surface area contributed by atoms with Gasteiger partial charge in [0, 0.05) is 32.5 Å². The van der Waals surface area contributed by atoms with Gasteiger partial charge in [0.25, 0.3) is 0 Å². The highest BCUT2D eigenvalue weighted by atomic mass is 19.4. The molecule has 1 saturated heterocycles. The molecule has 0 unspecified atom stereocenters. The summed E-state index contributed by atoms with van der Waals surface area (Å²) in [6.07, 6.45) is 0.252. The van der Waals surface area contributed by atoms with Gasteiger partial charge in [-0.25, -0.2) is 13.6 Å². The minimum Gasteiger partial charge on any atom is -0.318 e. The van der Waals surface area contributed by atoms with Crippen LogP contribution in [-0.2, 0) is 25.4 Å². The molecule has 206 valence electrons. The van der Waals surface area contributed by atoms with Crippen molar-refractivity contribution in [3.63, 3.8) is 0 Å². The molecule has 6 rings (SSSR count). The van der Waals surface area contributed by atoms with Gasteiger partial charge in [-0.05, 0) is 67.5 Å². The molecule has 1 saturated carbocycles. The summed E-state index contributed by atoms with van der Waals surface area (Å²) < 4.78 is 76.6. The maximum atomic E-state index is 15.8. The first kappa shape index (κ1) is 25.7. The second kappa shape index (κ2) is 8.73. The molecule has 7 nitrogen and oxygen atoms in total. The average molecular weight is 547 g/mol. The fourth-order valence-corrected chi connectivity index (χ4v) is 5.62. The zero-order chi connectivity index (χ0) is 27.7. The van der Waals surface area contributed by atoms with E-state index in [-0.39, 0.29) is 22.6 Å². The molecule has 2 atom stereocenters. The fraction of sp³-hybridized carbons (Fsp3) is 0.444. The smallest absolute Gasteiger partial charge is 0.318 e. The van der Waals surface area contributed by atoms with Gasteiger partial charge in [-0.2, -0.15) is 13.2 Å². The summed E-state index contributed by atoms with van der Waals surface area (Å²) in [6.45, 7) is 3.02. The molecule has 1 spiro atoms. The normalized spacial score (nSPS) is 19.6. The fourth-order valence-electron chi connectivity index (χ4n) is 5.62.